The Labute approximate surface area is 161 Å². The summed E-state index contributed by atoms with van der Waals surface area (Å²) in [6.07, 6.45) is 1.57. The summed E-state index contributed by atoms with van der Waals surface area (Å²) < 4.78 is 6.80. The van der Waals surface area contributed by atoms with Gasteiger partial charge in [0.25, 0.3) is 0 Å². The van der Waals surface area contributed by atoms with Crippen LogP contribution in [0, 0.1) is 0 Å². The van der Waals surface area contributed by atoms with Crippen LogP contribution in [0.25, 0.3) is 0 Å². The second kappa shape index (κ2) is 8.09. The molecular weight excluding hydrogens is 409 g/mol. The van der Waals surface area contributed by atoms with Gasteiger partial charge in [-0.2, -0.15) is 0 Å². The van der Waals surface area contributed by atoms with Crippen LogP contribution in [0.15, 0.2) is 40.1 Å². The zero-order chi connectivity index (χ0) is 17.8. The van der Waals surface area contributed by atoms with Crippen LogP contribution in [-0.4, -0.2) is 31.9 Å². The minimum Gasteiger partial charge on any atom is -0.467 e. The van der Waals surface area contributed by atoms with Gasteiger partial charge in [0, 0.05) is 5.02 Å². The summed E-state index contributed by atoms with van der Waals surface area (Å²) in [7, 11) is 0. The van der Waals surface area contributed by atoms with Crippen molar-refractivity contribution in [2.24, 2.45) is 0 Å². The molecule has 0 aliphatic carbocycles. The zero-order valence-corrected chi connectivity index (χ0v) is 15.5. The predicted octanol–water partition coefficient (Wildman–Crippen LogP) is 4.01. The Balaban J connectivity index is 1.61. The van der Waals surface area contributed by atoms with Gasteiger partial charge >= 0.3 is 0 Å². The van der Waals surface area contributed by atoms with Gasteiger partial charge in [-0.1, -0.05) is 46.6 Å². The molecule has 0 unspecified atom stereocenters. The van der Waals surface area contributed by atoms with E-state index in [1.54, 1.807) is 17.0 Å². The van der Waals surface area contributed by atoms with E-state index in [0.717, 1.165) is 0 Å². The highest BCUT2D eigenvalue weighted by Crippen LogP contribution is 2.33. The van der Waals surface area contributed by atoms with Gasteiger partial charge in [0.05, 0.1) is 27.7 Å². The highest BCUT2D eigenvalue weighted by molar-refractivity contribution is 7.99. The Morgan fingerprint density at radius 2 is 2.04 bits per heavy atom. The molecule has 0 atom stereocenters. The molecule has 0 aliphatic heterocycles. The highest BCUT2D eigenvalue weighted by Gasteiger charge is 2.14. The Hall–Kier alpha value is -1.74. The number of anilines is 1. The number of furan rings is 1. The largest absolute Gasteiger partial charge is 0.467 e. The van der Waals surface area contributed by atoms with Crippen molar-refractivity contribution < 1.29 is 9.21 Å². The lowest BCUT2D eigenvalue weighted by Crippen LogP contribution is -2.15. The monoisotopic (exact) mass is 417 g/mol. The molecule has 2 heterocycles. The lowest BCUT2D eigenvalue weighted by molar-refractivity contribution is -0.113. The van der Waals surface area contributed by atoms with Gasteiger partial charge in [-0.25, -0.2) is 4.68 Å². The minimum absolute atomic E-state index is 0.0772. The summed E-state index contributed by atoms with van der Waals surface area (Å²) in [5.74, 6) is 0.482. The summed E-state index contributed by atoms with van der Waals surface area (Å²) in [4.78, 5) is 12.1. The van der Waals surface area contributed by atoms with Gasteiger partial charge < -0.3 is 9.73 Å². The summed E-state index contributed by atoms with van der Waals surface area (Å²) in [6, 6.07) is 6.59. The van der Waals surface area contributed by atoms with Gasteiger partial charge in [0.1, 0.15) is 12.3 Å². The predicted molar refractivity (Wildman–Crippen MR) is 96.5 cm³/mol. The first kappa shape index (κ1) is 18.1. The number of halogens is 3. The average molecular weight is 419 g/mol. The molecule has 11 heteroatoms. The number of amides is 1. The number of rotatable bonds is 6. The maximum atomic E-state index is 12.1. The average Bonchev–Trinajstić information content (AvgIpc) is 3.21. The molecule has 25 heavy (non-hydrogen) atoms. The number of hydrogen-bond donors (Lipinski definition) is 1. The Bertz CT molecular complexity index is 861. The number of hydrogen-bond acceptors (Lipinski definition) is 6. The summed E-state index contributed by atoms with van der Waals surface area (Å²) in [5.41, 5.74) is 0.313. The van der Waals surface area contributed by atoms with Crippen LogP contribution in [0.3, 0.4) is 0 Å². The fraction of sp³-hybridized carbons (Fsp3) is 0.143. The molecule has 3 aromatic rings. The fourth-order valence-electron chi connectivity index (χ4n) is 1.92. The van der Waals surface area contributed by atoms with E-state index < -0.39 is 0 Å². The van der Waals surface area contributed by atoms with Crippen LogP contribution in [0.1, 0.15) is 5.76 Å². The standard InChI is InChI=1S/C14H10Cl3N5O2S/c15-8-4-10(16)13(11(17)5-8)18-12(23)7-25-14-19-20-21-22(14)6-9-2-1-3-24-9/h1-5H,6-7H2,(H,18,23). The lowest BCUT2D eigenvalue weighted by Gasteiger charge is -2.09. The molecule has 2 aromatic heterocycles. The number of carbonyl (C=O) groups is 1. The number of carbonyl (C=O) groups excluding carboxylic acids is 1. The third-order valence-electron chi connectivity index (χ3n) is 2.99. The van der Waals surface area contributed by atoms with E-state index in [1.165, 1.54) is 23.9 Å². The van der Waals surface area contributed by atoms with E-state index in [9.17, 15) is 4.79 Å². The molecule has 0 saturated heterocycles. The molecule has 130 valence electrons. The molecule has 0 aliphatic rings. The first-order valence-electron chi connectivity index (χ1n) is 6.88. The van der Waals surface area contributed by atoms with E-state index in [1.807, 2.05) is 6.07 Å². The number of tetrazole rings is 1. The van der Waals surface area contributed by atoms with Crippen LogP contribution in [0.5, 0.6) is 0 Å². The Kier molecular flexibility index (Phi) is 5.85. The molecule has 3 rings (SSSR count). The zero-order valence-electron chi connectivity index (χ0n) is 12.4. The molecule has 0 spiro atoms. The molecule has 1 amide bonds. The van der Waals surface area contributed by atoms with E-state index in [-0.39, 0.29) is 21.7 Å². The topological polar surface area (TPSA) is 85.8 Å². The summed E-state index contributed by atoms with van der Waals surface area (Å²) >= 11 is 19.1. The molecule has 0 fully saturated rings. The van der Waals surface area contributed by atoms with E-state index in [0.29, 0.717) is 28.2 Å². The first-order valence-corrected chi connectivity index (χ1v) is 9.00. The van der Waals surface area contributed by atoms with Gasteiger partial charge in [-0.05, 0) is 34.7 Å². The minimum atomic E-state index is -0.302. The maximum absolute atomic E-state index is 12.1. The molecule has 1 aromatic carbocycles. The van der Waals surface area contributed by atoms with E-state index in [2.05, 4.69) is 20.8 Å². The van der Waals surface area contributed by atoms with Crippen LogP contribution in [-0.2, 0) is 11.3 Å². The van der Waals surface area contributed by atoms with Crippen LogP contribution in [0.4, 0.5) is 5.69 Å². The van der Waals surface area contributed by atoms with Crippen molar-refractivity contribution in [3.63, 3.8) is 0 Å². The highest BCUT2D eigenvalue weighted by atomic mass is 35.5. The van der Waals surface area contributed by atoms with Crippen LogP contribution in [0.2, 0.25) is 15.1 Å². The molecular formula is C14H10Cl3N5O2S. The maximum Gasteiger partial charge on any atom is 0.234 e. The van der Waals surface area contributed by atoms with Crippen molar-refractivity contribution in [2.75, 3.05) is 11.1 Å². The van der Waals surface area contributed by atoms with Gasteiger partial charge in [0.2, 0.25) is 11.1 Å². The molecule has 7 nitrogen and oxygen atoms in total. The van der Waals surface area contributed by atoms with Gasteiger partial charge in [-0.3, -0.25) is 4.79 Å². The van der Waals surface area contributed by atoms with E-state index in [4.69, 9.17) is 39.2 Å². The molecule has 1 N–H and O–H groups in total. The van der Waals surface area contributed by atoms with Crippen LogP contribution < -0.4 is 5.32 Å². The summed E-state index contributed by atoms with van der Waals surface area (Å²) in [6.45, 7) is 0.374. The number of nitrogens with zero attached hydrogens (tertiary/aromatic N) is 4. The fourth-order valence-corrected chi connectivity index (χ4v) is 3.50. The number of nitrogens with one attached hydrogen (secondary N) is 1. The van der Waals surface area contributed by atoms with Crippen molar-refractivity contribution in [3.8, 4) is 0 Å². The molecule has 0 saturated carbocycles. The second-order valence-electron chi connectivity index (χ2n) is 4.78. The van der Waals surface area contributed by atoms with Crippen LogP contribution >= 0.6 is 46.6 Å². The first-order chi connectivity index (χ1) is 12.0. The van der Waals surface area contributed by atoms with Crippen molar-refractivity contribution in [2.45, 2.75) is 11.7 Å². The van der Waals surface area contributed by atoms with Crippen molar-refractivity contribution in [1.29, 1.82) is 0 Å². The SMILES string of the molecule is O=C(CSc1nnnn1Cc1ccco1)Nc1c(Cl)cc(Cl)cc1Cl. The van der Waals surface area contributed by atoms with Crippen molar-refractivity contribution >= 4 is 58.2 Å². The second-order valence-corrected chi connectivity index (χ2v) is 6.97. The molecule has 0 bridgehead atoms. The van der Waals surface area contributed by atoms with Crippen molar-refractivity contribution in [3.05, 3.63) is 51.4 Å². The Morgan fingerprint density at radius 1 is 1.28 bits per heavy atom. The third kappa shape index (κ3) is 4.66. The quantitative estimate of drug-likeness (QED) is 0.609. The number of benzene rings is 1. The molecule has 0 radical (unpaired) electrons. The third-order valence-corrected chi connectivity index (χ3v) is 4.76. The lowest BCUT2D eigenvalue weighted by atomic mass is 10.3. The number of thioether (sulfide) groups is 1. The smallest absolute Gasteiger partial charge is 0.234 e. The van der Waals surface area contributed by atoms with Gasteiger partial charge in [0.15, 0.2) is 0 Å². The normalized spacial score (nSPS) is 10.8. The van der Waals surface area contributed by atoms with E-state index >= 15 is 0 Å². The number of aromatic nitrogens is 4. The summed E-state index contributed by atoms with van der Waals surface area (Å²) in [5, 5.41) is 15.4. The Morgan fingerprint density at radius 3 is 2.72 bits per heavy atom. The van der Waals surface area contributed by atoms with Crippen molar-refractivity contribution in [1.82, 2.24) is 20.2 Å². The van der Waals surface area contributed by atoms with Gasteiger partial charge in [-0.15, -0.1) is 5.10 Å².